The number of hydrogen-bond donors (Lipinski definition) is 1. The maximum atomic E-state index is 13.2. The third-order valence-electron chi connectivity index (χ3n) is 6.50. The van der Waals surface area contributed by atoms with Gasteiger partial charge in [0.2, 0.25) is 5.91 Å². The summed E-state index contributed by atoms with van der Waals surface area (Å²) >= 11 is 0. The van der Waals surface area contributed by atoms with Crippen molar-refractivity contribution >= 4 is 26.6 Å². The first kappa shape index (κ1) is 18.4. The van der Waals surface area contributed by atoms with Gasteiger partial charge in [0.1, 0.15) is 0 Å². The van der Waals surface area contributed by atoms with Gasteiger partial charge in [0, 0.05) is 29.2 Å². The highest BCUT2D eigenvalue weighted by molar-refractivity contribution is 7.92. The minimum atomic E-state index is -3.36. The molecule has 6 heteroatoms. The number of fused-ring (bicyclic) bond motifs is 3. The lowest BCUT2D eigenvalue weighted by molar-refractivity contribution is -0.134. The quantitative estimate of drug-likeness (QED) is 0.715. The smallest absolute Gasteiger partial charge is 0.227 e. The van der Waals surface area contributed by atoms with Gasteiger partial charge >= 0.3 is 0 Å². The summed E-state index contributed by atoms with van der Waals surface area (Å²) in [5, 5.41) is 0.675. The largest absolute Gasteiger partial charge is 0.361 e. The second-order valence-electron chi connectivity index (χ2n) is 8.17. The number of carbonyl (C=O) groups is 1. The van der Waals surface area contributed by atoms with E-state index >= 15 is 0 Å². The third kappa shape index (κ3) is 3.15. The molecule has 150 valence electrons. The Hall–Kier alpha value is -2.60. The molecule has 29 heavy (non-hydrogen) atoms. The molecule has 5 rings (SSSR count). The van der Waals surface area contributed by atoms with E-state index in [2.05, 4.69) is 4.98 Å². The van der Waals surface area contributed by atoms with Crippen LogP contribution >= 0.6 is 0 Å². The number of carbonyl (C=O) groups excluding carboxylic acids is 1. The molecule has 0 aliphatic carbocycles. The van der Waals surface area contributed by atoms with Crippen molar-refractivity contribution in [2.45, 2.75) is 54.3 Å². The summed E-state index contributed by atoms with van der Waals surface area (Å²) in [5.74, 6) is 0.109. The van der Waals surface area contributed by atoms with Gasteiger partial charge in [0.25, 0.3) is 0 Å². The molecular formula is C23H24N2O3S. The Kier molecular flexibility index (Phi) is 4.46. The number of nitrogens with one attached hydrogen (secondary N) is 1. The fourth-order valence-corrected chi connectivity index (χ4v) is 6.99. The Balaban J connectivity index is 1.35. The summed E-state index contributed by atoms with van der Waals surface area (Å²) in [7, 11) is -3.36. The zero-order chi connectivity index (χ0) is 20.0. The molecule has 0 radical (unpaired) electrons. The molecule has 2 saturated heterocycles. The van der Waals surface area contributed by atoms with Crippen LogP contribution < -0.4 is 0 Å². The highest BCUT2D eigenvalue weighted by atomic mass is 32.2. The minimum absolute atomic E-state index is 0.0231. The van der Waals surface area contributed by atoms with Crippen LogP contribution in [0, 0.1) is 0 Å². The van der Waals surface area contributed by atoms with Crippen LogP contribution in [-0.2, 0) is 21.1 Å². The highest BCUT2D eigenvalue weighted by Crippen LogP contribution is 2.40. The lowest BCUT2D eigenvalue weighted by Gasteiger charge is -2.38. The molecule has 1 amide bonds. The predicted molar refractivity (Wildman–Crippen MR) is 112 cm³/mol. The molecule has 3 aromatic rings. The topological polar surface area (TPSA) is 70.2 Å². The molecule has 1 aromatic heterocycles. The molecule has 2 aliphatic heterocycles. The van der Waals surface area contributed by atoms with Gasteiger partial charge in [-0.25, -0.2) is 8.42 Å². The zero-order valence-corrected chi connectivity index (χ0v) is 16.9. The van der Waals surface area contributed by atoms with E-state index in [4.69, 9.17) is 0 Å². The van der Waals surface area contributed by atoms with E-state index in [9.17, 15) is 13.2 Å². The lowest BCUT2D eigenvalue weighted by atomic mass is 10.0. The standard InChI is InChI=1S/C23H24N2O3S/c26-23(12-16-15-24-22-9-5-4-8-21(16)22)25-17-10-11-18(25)14-20(13-17)29(27,28)19-6-2-1-3-7-19/h1-9,15,17-18,20,24H,10-14H2. The summed E-state index contributed by atoms with van der Waals surface area (Å²) in [6.45, 7) is 0. The van der Waals surface area contributed by atoms with Crippen molar-refractivity contribution in [3.8, 4) is 0 Å². The van der Waals surface area contributed by atoms with Gasteiger partial charge in [0.15, 0.2) is 9.84 Å². The number of aromatic amines is 1. The number of rotatable bonds is 4. The summed E-state index contributed by atoms with van der Waals surface area (Å²) in [6, 6.07) is 16.7. The maximum absolute atomic E-state index is 13.2. The first-order valence-corrected chi connectivity index (χ1v) is 11.7. The van der Waals surface area contributed by atoms with Crippen molar-refractivity contribution < 1.29 is 13.2 Å². The molecule has 2 bridgehead atoms. The third-order valence-corrected chi connectivity index (χ3v) is 8.70. The number of aromatic nitrogens is 1. The Morgan fingerprint density at radius 1 is 0.966 bits per heavy atom. The van der Waals surface area contributed by atoms with E-state index in [1.54, 1.807) is 24.3 Å². The van der Waals surface area contributed by atoms with E-state index in [1.807, 2.05) is 41.4 Å². The second-order valence-corrected chi connectivity index (χ2v) is 10.4. The normalized spacial score (nSPS) is 24.1. The van der Waals surface area contributed by atoms with Crippen LogP contribution in [0.3, 0.4) is 0 Å². The van der Waals surface area contributed by atoms with Crippen LogP contribution in [0.5, 0.6) is 0 Å². The molecule has 2 fully saturated rings. The first-order chi connectivity index (χ1) is 14.0. The molecule has 0 saturated carbocycles. The summed E-state index contributed by atoms with van der Waals surface area (Å²) < 4.78 is 26.2. The van der Waals surface area contributed by atoms with Crippen molar-refractivity contribution in [1.29, 1.82) is 0 Å². The van der Waals surface area contributed by atoms with Crippen molar-refractivity contribution in [1.82, 2.24) is 9.88 Å². The summed E-state index contributed by atoms with van der Waals surface area (Å²) in [5.41, 5.74) is 2.04. The number of hydrogen-bond acceptors (Lipinski definition) is 3. The van der Waals surface area contributed by atoms with E-state index in [-0.39, 0.29) is 18.0 Å². The maximum Gasteiger partial charge on any atom is 0.227 e. The van der Waals surface area contributed by atoms with Crippen molar-refractivity contribution in [2.24, 2.45) is 0 Å². The van der Waals surface area contributed by atoms with Gasteiger partial charge in [-0.1, -0.05) is 36.4 Å². The SMILES string of the molecule is O=C(Cc1c[nH]c2ccccc12)N1C2CCC1CC(S(=O)(=O)c1ccccc1)C2. The molecule has 2 aliphatic rings. The van der Waals surface area contributed by atoms with Crippen molar-refractivity contribution in [3.63, 3.8) is 0 Å². The average Bonchev–Trinajstić information content (AvgIpc) is 3.26. The Labute approximate surface area is 170 Å². The number of H-pyrrole nitrogens is 1. The van der Waals surface area contributed by atoms with Crippen LogP contribution in [0.1, 0.15) is 31.2 Å². The molecule has 5 nitrogen and oxygen atoms in total. The van der Waals surface area contributed by atoms with E-state index in [0.717, 1.165) is 29.3 Å². The molecule has 3 heterocycles. The molecule has 2 aromatic carbocycles. The number of benzene rings is 2. The minimum Gasteiger partial charge on any atom is -0.361 e. The molecule has 2 unspecified atom stereocenters. The lowest BCUT2D eigenvalue weighted by Crippen LogP contribution is -2.50. The van der Waals surface area contributed by atoms with Gasteiger partial charge in [0.05, 0.1) is 16.6 Å². The van der Waals surface area contributed by atoms with Gasteiger partial charge in [-0.2, -0.15) is 0 Å². The highest BCUT2D eigenvalue weighted by Gasteiger charge is 2.47. The Morgan fingerprint density at radius 3 is 2.34 bits per heavy atom. The summed E-state index contributed by atoms with van der Waals surface area (Å²) in [4.78, 5) is 18.8. The number of sulfone groups is 1. The predicted octanol–water partition coefficient (Wildman–Crippen LogP) is 3.71. The monoisotopic (exact) mass is 408 g/mol. The molecule has 2 atom stereocenters. The van der Waals surface area contributed by atoms with Crippen molar-refractivity contribution in [3.05, 3.63) is 66.4 Å². The number of amides is 1. The molecule has 0 spiro atoms. The van der Waals surface area contributed by atoms with Crippen LogP contribution in [0.15, 0.2) is 65.7 Å². The number of para-hydroxylation sites is 1. The Bertz CT molecular complexity index is 1140. The van der Waals surface area contributed by atoms with Gasteiger partial charge in [-0.05, 0) is 49.4 Å². The van der Waals surface area contributed by atoms with Crippen LogP contribution in [0.4, 0.5) is 0 Å². The van der Waals surface area contributed by atoms with E-state index in [1.165, 1.54) is 0 Å². The van der Waals surface area contributed by atoms with Gasteiger partial charge in [-0.15, -0.1) is 0 Å². The van der Waals surface area contributed by atoms with E-state index in [0.29, 0.717) is 24.2 Å². The average molecular weight is 409 g/mol. The fourth-order valence-electron chi connectivity index (χ4n) is 5.12. The zero-order valence-electron chi connectivity index (χ0n) is 16.1. The van der Waals surface area contributed by atoms with Gasteiger partial charge in [-0.3, -0.25) is 4.79 Å². The first-order valence-electron chi connectivity index (χ1n) is 10.2. The van der Waals surface area contributed by atoms with Crippen LogP contribution in [0.25, 0.3) is 10.9 Å². The molecule has 1 N–H and O–H groups in total. The van der Waals surface area contributed by atoms with Crippen LogP contribution in [-0.4, -0.2) is 41.5 Å². The fraction of sp³-hybridized carbons (Fsp3) is 0.348. The van der Waals surface area contributed by atoms with Gasteiger partial charge < -0.3 is 9.88 Å². The molecular weight excluding hydrogens is 384 g/mol. The summed E-state index contributed by atoms with van der Waals surface area (Å²) in [6.07, 6.45) is 5.13. The van der Waals surface area contributed by atoms with Crippen molar-refractivity contribution in [2.75, 3.05) is 0 Å². The van der Waals surface area contributed by atoms with Crippen LogP contribution in [0.2, 0.25) is 0 Å². The second kappa shape index (κ2) is 7.02. The Morgan fingerprint density at radius 2 is 1.62 bits per heavy atom. The number of piperidine rings is 1. The van der Waals surface area contributed by atoms with E-state index < -0.39 is 15.1 Å². The number of nitrogens with zero attached hydrogens (tertiary/aromatic N) is 1.